The molecule has 0 spiro atoms. The van der Waals surface area contributed by atoms with Crippen LogP contribution in [0.1, 0.15) is 41.6 Å². The molecule has 236 valence electrons. The lowest BCUT2D eigenvalue weighted by Crippen LogP contribution is -2.37. The first kappa shape index (κ1) is 30.5. The first-order chi connectivity index (χ1) is 23.1. The van der Waals surface area contributed by atoms with Crippen molar-refractivity contribution in [3.63, 3.8) is 0 Å². The third kappa shape index (κ3) is 5.95. The largest absolute Gasteiger partial charge is 0.372 e. The number of benzene rings is 5. The molecule has 7 heteroatoms. The summed E-state index contributed by atoms with van der Waals surface area (Å²) in [7, 11) is -3.90. The molecular formula is C40H38N4O2S. The highest BCUT2D eigenvalue weighted by Gasteiger charge is 2.38. The number of nitrogens with zero attached hydrogens (tertiary/aromatic N) is 4. The third-order valence-electron chi connectivity index (χ3n) is 9.09. The lowest BCUT2D eigenvalue weighted by atomic mass is 9.77. The maximum absolute atomic E-state index is 14.3. The van der Waals surface area contributed by atoms with E-state index in [-0.39, 0.29) is 11.4 Å². The van der Waals surface area contributed by atoms with Crippen molar-refractivity contribution in [2.75, 3.05) is 22.3 Å². The van der Waals surface area contributed by atoms with Crippen LogP contribution in [0.2, 0.25) is 0 Å². The van der Waals surface area contributed by atoms with Gasteiger partial charge in [0.1, 0.15) is 5.54 Å². The zero-order valence-corrected chi connectivity index (χ0v) is 27.1. The van der Waals surface area contributed by atoms with Crippen LogP contribution < -0.4 is 9.21 Å². The molecule has 6 nitrogen and oxygen atoms in total. The van der Waals surface area contributed by atoms with Gasteiger partial charge in [0.05, 0.1) is 29.1 Å². The van der Waals surface area contributed by atoms with E-state index in [4.69, 9.17) is 4.98 Å². The monoisotopic (exact) mass is 638 g/mol. The number of piperidine rings is 1. The fraction of sp³-hybridized carbons (Fsp3) is 0.175. The van der Waals surface area contributed by atoms with Crippen LogP contribution >= 0.6 is 0 Å². The Bertz CT molecular complexity index is 1890. The highest BCUT2D eigenvalue weighted by molar-refractivity contribution is 7.92. The Balaban J connectivity index is 1.33. The molecule has 0 N–H and O–H groups in total. The van der Waals surface area contributed by atoms with Crippen LogP contribution in [0.5, 0.6) is 0 Å². The maximum atomic E-state index is 14.3. The van der Waals surface area contributed by atoms with Crippen LogP contribution in [-0.4, -0.2) is 31.1 Å². The van der Waals surface area contributed by atoms with Crippen molar-refractivity contribution in [3.05, 3.63) is 181 Å². The number of rotatable bonds is 10. The van der Waals surface area contributed by atoms with Crippen LogP contribution in [0.3, 0.4) is 0 Å². The van der Waals surface area contributed by atoms with E-state index < -0.39 is 15.6 Å². The minimum Gasteiger partial charge on any atom is -0.372 e. The van der Waals surface area contributed by atoms with E-state index in [0.29, 0.717) is 11.4 Å². The number of hydrogen-bond donors (Lipinski definition) is 0. The van der Waals surface area contributed by atoms with Crippen molar-refractivity contribution in [1.82, 2.24) is 9.55 Å². The summed E-state index contributed by atoms with van der Waals surface area (Å²) in [6, 6.07) is 47.7. The van der Waals surface area contributed by atoms with Gasteiger partial charge in [0.25, 0.3) is 10.0 Å². The number of imidazole rings is 1. The molecule has 0 aliphatic carbocycles. The highest BCUT2D eigenvalue weighted by atomic mass is 32.2. The van der Waals surface area contributed by atoms with E-state index >= 15 is 0 Å². The summed E-state index contributed by atoms with van der Waals surface area (Å²) in [5.74, 6) is 0. The minimum absolute atomic E-state index is 0.0712. The quantitative estimate of drug-likeness (QED) is 0.142. The summed E-state index contributed by atoms with van der Waals surface area (Å²) in [6.45, 7) is 2.12. The van der Waals surface area contributed by atoms with Gasteiger partial charge in [-0.3, -0.25) is 4.31 Å². The fourth-order valence-electron chi connectivity index (χ4n) is 6.78. The van der Waals surface area contributed by atoms with Crippen molar-refractivity contribution in [1.29, 1.82) is 0 Å². The van der Waals surface area contributed by atoms with Gasteiger partial charge in [-0.25, -0.2) is 13.4 Å². The van der Waals surface area contributed by atoms with Crippen molar-refractivity contribution >= 4 is 21.4 Å². The van der Waals surface area contributed by atoms with Crippen molar-refractivity contribution in [2.24, 2.45) is 0 Å². The average molecular weight is 639 g/mol. The van der Waals surface area contributed by atoms with Crippen molar-refractivity contribution < 1.29 is 8.42 Å². The maximum Gasteiger partial charge on any atom is 0.264 e. The molecule has 1 aliphatic rings. The summed E-state index contributed by atoms with van der Waals surface area (Å²) < 4.78 is 32.1. The van der Waals surface area contributed by atoms with Gasteiger partial charge in [-0.1, -0.05) is 109 Å². The number of hydrogen-bond acceptors (Lipinski definition) is 4. The minimum atomic E-state index is -3.90. The van der Waals surface area contributed by atoms with E-state index in [9.17, 15) is 8.42 Å². The van der Waals surface area contributed by atoms with E-state index in [1.807, 2.05) is 61.1 Å². The topological polar surface area (TPSA) is 58.4 Å². The Labute approximate surface area is 277 Å². The van der Waals surface area contributed by atoms with Crippen LogP contribution in [0.4, 0.5) is 11.4 Å². The molecule has 0 saturated carbocycles. The molecule has 2 heterocycles. The third-order valence-corrected chi connectivity index (χ3v) is 10.9. The number of aromatic nitrogens is 2. The summed E-state index contributed by atoms with van der Waals surface area (Å²) in [4.78, 5) is 7.49. The fourth-order valence-corrected chi connectivity index (χ4v) is 8.23. The Morgan fingerprint density at radius 2 is 1.11 bits per heavy atom. The van der Waals surface area contributed by atoms with Gasteiger partial charge in [0, 0.05) is 25.0 Å². The van der Waals surface area contributed by atoms with E-state index in [1.54, 1.807) is 24.3 Å². The lowest BCUT2D eigenvalue weighted by molar-refractivity contribution is 0.514. The molecule has 1 saturated heterocycles. The number of sulfonamides is 1. The van der Waals surface area contributed by atoms with Crippen molar-refractivity contribution in [2.45, 2.75) is 36.2 Å². The van der Waals surface area contributed by atoms with Crippen LogP contribution in [0, 0.1) is 0 Å². The van der Waals surface area contributed by atoms with E-state index in [1.165, 1.54) is 23.6 Å². The molecule has 0 radical (unpaired) electrons. The van der Waals surface area contributed by atoms with Crippen LogP contribution in [-0.2, 0) is 22.1 Å². The first-order valence-corrected chi connectivity index (χ1v) is 17.6. The molecule has 5 aromatic carbocycles. The summed E-state index contributed by atoms with van der Waals surface area (Å²) in [6.07, 6.45) is 7.42. The van der Waals surface area contributed by atoms with Gasteiger partial charge < -0.3 is 9.47 Å². The zero-order valence-electron chi connectivity index (χ0n) is 26.3. The van der Waals surface area contributed by atoms with Gasteiger partial charge in [0.2, 0.25) is 0 Å². The summed E-state index contributed by atoms with van der Waals surface area (Å²) in [5.41, 5.74) is 4.83. The molecule has 0 atom stereocenters. The Morgan fingerprint density at radius 3 is 1.62 bits per heavy atom. The molecule has 1 aromatic heterocycles. The van der Waals surface area contributed by atoms with Gasteiger partial charge in [0.15, 0.2) is 0 Å². The SMILES string of the molecule is O=S(=O)(c1ccccc1)N(Cc1cn(C(c2ccccc2)(c2ccccc2)c2ccccc2)cn1)c1ccc(N2CCCCC2)cc1. The van der Waals surface area contributed by atoms with Crippen LogP contribution in [0.15, 0.2) is 163 Å². The van der Waals surface area contributed by atoms with Gasteiger partial charge in [-0.2, -0.15) is 0 Å². The van der Waals surface area contributed by atoms with E-state index in [2.05, 4.69) is 82.3 Å². The number of anilines is 2. The van der Waals surface area contributed by atoms with E-state index in [0.717, 1.165) is 35.5 Å². The van der Waals surface area contributed by atoms with Crippen LogP contribution in [0.25, 0.3) is 0 Å². The summed E-state index contributed by atoms with van der Waals surface area (Å²) in [5, 5.41) is 0. The highest BCUT2D eigenvalue weighted by Crippen LogP contribution is 2.41. The molecule has 1 fully saturated rings. The predicted octanol–water partition coefficient (Wildman–Crippen LogP) is 8.11. The molecule has 1 aliphatic heterocycles. The Morgan fingerprint density at radius 1 is 0.617 bits per heavy atom. The molecule has 7 rings (SSSR count). The Hall–Kier alpha value is -5.14. The van der Waals surface area contributed by atoms with Gasteiger partial charge in [-0.15, -0.1) is 0 Å². The normalized spacial score (nSPS) is 13.7. The summed E-state index contributed by atoms with van der Waals surface area (Å²) >= 11 is 0. The average Bonchev–Trinajstić information content (AvgIpc) is 3.62. The molecule has 6 aromatic rings. The second-order valence-corrected chi connectivity index (χ2v) is 13.8. The molecule has 0 amide bonds. The molecule has 0 unspecified atom stereocenters. The predicted molar refractivity (Wildman–Crippen MR) is 189 cm³/mol. The second-order valence-electron chi connectivity index (χ2n) is 12.0. The molecule has 47 heavy (non-hydrogen) atoms. The standard InChI is InChI=1S/C40H38N4O2S/c45-47(46,39-22-12-4-13-23-39)44(38-26-24-37(25-27-38)42-28-14-5-15-29-42)31-36-30-43(32-41-36)40(33-16-6-1-7-17-33,34-18-8-2-9-19-34)35-20-10-3-11-21-35/h1-4,6-13,16-27,30,32H,5,14-15,28-29,31H2. The molecular weight excluding hydrogens is 601 g/mol. The smallest absolute Gasteiger partial charge is 0.264 e. The Kier molecular flexibility index (Phi) is 8.64. The zero-order chi connectivity index (χ0) is 32.1. The van der Waals surface area contributed by atoms with Gasteiger partial charge in [-0.05, 0) is 72.4 Å². The lowest BCUT2D eigenvalue weighted by Gasteiger charge is -2.37. The van der Waals surface area contributed by atoms with Gasteiger partial charge >= 0.3 is 0 Å². The van der Waals surface area contributed by atoms with Crippen molar-refractivity contribution in [3.8, 4) is 0 Å². The first-order valence-electron chi connectivity index (χ1n) is 16.2. The molecule has 0 bridgehead atoms. The second kappa shape index (κ2) is 13.3.